The van der Waals surface area contributed by atoms with Crippen LogP contribution in [0.25, 0.3) is 22.0 Å². The highest BCUT2D eigenvalue weighted by atomic mass is 35.5. The molecule has 1 aliphatic carbocycles. The first-order valence-corrected chi connectivity index (χ1v) is 12.7. The molecule has 1 unspecified atom stereocenters. The van der Waals surface area contributed by atoms with Crippen LogP contribution in [0, 0.1) is 5.92 Å². The molecule has 180 valence electrons. The number of piperidine rings is 1. The minimum Gasteiger partial charge on any atom is -0.443 e. The van der Waals surface area contributed by atoms with Crippen molar-refractivity contribution in [2.24, 2.45) is 5.92 Å². The van der Waals surface area contributed by atoms with Gasteiger partial charge in [-0.15, -0.1) is 0 Å². The smallest absolute Gasteiger partial charge is 0.256 e. The molecule has 1 aliphatic heterocycles. The Morgan fingerprint density at radius 1 is 1.11 bits per heavy atom. The summed E-state index contributed by atoms with van der Waals surface area (Å²) in [4.78, 5) is 20.0. The number of pyridine rings is 1. The summed E-state index contributed by atoms with van der Waals surface area (Å²) >= 11 is 13.1. The van der Waals surface area contributed by atoms with Crippen LogP contribution in [0.1, 0.15) is 19.3 Å². The number of nitrogens with zero attached hydrogens (tertiary/aromatic N) is 2. The number of hydrogen-bond donors (Lipinski definition) is 1. The molecular formula is C28H28Cl2N3O2+. The zero-order valence-corrected chi connectivity index (χ0v) is 20.8. The number of aromatic nitrogens is 1. The Bertz CT molecular complexity index is 1310. The van der Waals surface area contributed by atoms with E-state index in [1.165, 1.54) is 0 Å². The topological polar surface area (TPSA) is 68.1 Å². The van der Waals surface area contributed by atoms with Crippen LogP contribution in [0.3, 0.4) is 0 Å². The summed E-state index contributed by atoms with van der Waals surface area (Å²) in [6.07, 6.45) is 8.38. The Balaban J connectivity index is 1.30. The van der Waals surface area contributed by atoms with Gasteiger partial charge in [-0.1, -0.05) is 59.6 Å². The number of benzene rings is 2. The third-order valence-corrected chi connectivity index (χ3v) is 7.40. The number of carbonyl (C=O) groups excluding carboxylic acids is 1. The van der Waals surface area contributed by atoms with Crippen molar-refractivity contribution in [1.29, 1.82) is 0 Å². The van der Waals surface area contributed by atoms with E-state index in [-0.39, 0.29) is 17.9 Å². The number of fused-ring (bicyclic) bond motifs is 1. The fourth-order valence-electron chi connectivity index (χ4n) is 4.82. The molecule has 0 radical (unpaired) electrons. The maximum Gasteiger partial charge on any atom is 0.256 e. The van der Waals surface area contributed by atoms with Gasteiger partial charge in [-0.2, -0.15) is 0 Å². The first-order chi connectivity index (χ1) is 17.0. The fourth-order valence-corrected chi connectivity index (χ4v) is 5.37. The third kappa shape index (κ3) is 5.44. The first kappa shape index (κ1) is 24.0. The number of likely N-dealkylation sites (tertiary alicyclic amines) is 1. The molecule has 5 nitrogen and oxygen atoms in total. The van der Waals surface area contributed by atoms with E-state index in [9.17, 15) is 4.79 Å². The summed E-state index contributed by atoms with van der Waals surface area (Å²) in [5.74, 6) is 0.0415. The lowest BCUT2D eigenvalue weighted by Crippen LogP contribution is -2.38. The number of rotatable bonds is 5. The molecule has 7 heteroatoms. The van der Waals surface area contributed by atoms with Gasteiger partial charge >= 0.3 is 0 Å². The average molecular weight is 509 g/mol. The van der Waals surface area contributed by atoms with Crippen LogP contribution < -0.4 is 5.32 Å². The second-order valence-electron chi connectivity index (χ2n) is 9.23. The fraction of sp³-hybridized carbons (Fsp3) is 0.286. The number of hydrogen-bond acceptors (Lipinski definition) is 3. The van der Waals surface area contributed by atoms with Crippen molar-refractivity contribution in [3.63, 3.8) is 0 Å². The standard InChI is InChI=1S/C28H27Cl2N3O2/c29-25-8-6-20(16-24(25)27-22-4-2-1-3-19(22)9-12-31-27)32-28(35)23-7-5-18(15-26(23)30)17-33-13-10-21(34)11-14-33/h1-4,6-9,12,15-16,18,21,34H,5,10-11,13-14,17H2,(H,32,35)/p+1. The van der Waals surface area contributed by atoms with E-state index in [2.05, 4.69) is 15.2 Å². The summed E-state index contributed by atoms with van der Waals surface area (Å²) in [7, 11) is 0. The number of nitrogens with one attached hydrogen (secondary N) is 1. The van der Waals surface area contributed by atoms with E-state index in [0.717, 1.165) is 60.9 Å². The van der Waals surface area contributed by atoms with Gasteiger partial charge < -0.3 is 15.3 Å². The van der Waals surface area contributed by atoms with Gasteiger partial charge in [0, 0.05) is 60.3 Å². The summed E-state index contributed by atoms with van der Waals surface area (Å²) in [5, 5.41) is 14.0. The first-order valence-electron chi connectivity index (χ1n) is 11.9. The van der Waals surface area contributed by atoms with E-state index in [1.54, 1.807) is 18.3 Å². The maximum absolute atomic E-state index is 13.1. The zero-order chi connectivity index (χ0) is 24.4. The number of amides is 1. The lowest BCUT2D eigenvalue weighted by Gasteiger charge is -2.31. The molecule has 5 rings (SSSR count). The van der Waals surface area contributed by atoms with Gasteiger partial charge in [-0.25, -0.2) is 0 Å². The van der Waals surface area contributed by atoms with Gasteiger partial charge in [0.25, 0.3) is 5.91 Å². The highest BCUT2D eigenvalue weighted by Gasteiger charge is 2.25. The molecule has 2 heterocycles. The van der Waals surface area contributed by atoms with Crippen molar-refractivity contribution in [3.05, 3.63) is 82.5 Å². The summed E-state index contributed by atoms with van der Waals surface area (Å²) in [6, 6.07) is 15.4. The van der Waals surface area contributed by atoms with Crippen LogP contribution in [0.5, 0.6) is 0 Å². The van der Waals surface area contributed by atoms with Gasteiger partial charge in [-0.05, 0) is 42.0 Å². The highest BCUT2D eigenvalue weighted by molar-refractivity contribution is 6.36. The maximum atomic E-state index is 13.1. The minimum absolute atomic E-state index is 0.0664. The average Bonchev–Trinajstić information content (AvgIpc) is 2.86. The van der Waals surface area contributed by atoms with Crippen LogP contribution in [0.15, 0.2) is 77.5 Å². The van der Waals surface area contributed by atoms with Crippen molar-refractivity contribution in [2.45, 2.75) is 25.4 Å². The molecule has 2 aromatic carbocycles. The van der Waals surface area contributed by atoms with E-state index in [0.29, 0.717) is 21.3 Å². The van der Waals surface area contributed by atoms with Crippen LogP contribution in [0.4, 0.5) is 5.69 Å². The van der Waals surface area contributed by atoms with E-state index < -0.39 is 0 Å². The number of anilines is 1. The second-order valence-corrected chi connectivity index (χ2v) is 10.0. The molecular weight excluding hydrogens is 481 g/mol. The normalized spacial score (nSPS) is 19.3. The van der Waals surface area contributed by atoms with Crippen LogP contribution in [-0.4, -0.2) is 46.6 Å². The van der Waals surface area contributed by atoms with Gasteiger partial charge in [0.2, 0.25) is 0 Å². The Morgan fingerprint density at radius 2 is 1.91 bits per heavy atom. The molecule has 3 aromatic rings. The van der Waals surface area contributed by atoms with E-state index in [4.69, 9.17) is 28.3 Å². The van der Waals surface area contributed by atoms with Crippen molar-refractivity contribution in [3.8, 4) is 11.3 Å². The number of carbonyl (C=O) groups is 1. The molecule has 35 heavy (non-hydrogen) atoms. The largest absolute Gasteiger partial charge is 0.443 e. The highest BCUT2D eigenvalue weighted by Crippen LogP contribution is 2.34. The van der Waals surface area contributed by atoms with Crippen molar-refractivity contribution in [2.75, 3.05) is 25.0 Å². The molecule has 1 fully saturated rings. The quantitative estimate of drug-likeness (QED) is 0.446. The Kier molecular flexibility index (Phi) is 7.21. The lowest BCUT2D eigenvalue weighted by molar-refractivity contribution is -0.112. The molecule has 1 saturated heterocycles. The Hall–Kier alpha value is -2.70. The summed E-state index contributed by atoms with van der Waals surface area (Å²) in [5.41, 5.74) is 2.66. The molecule has 0 saturated carbocycles. The number of allylic oxidation sites excluding steroid dienone is 1. The van der Waals surface area contributed by atoms with Gasteiger partial charge in [0.1, 0.15) is 0 Å². The molecule has 1 amide bonds. The van der Waals surface area contributed by atoms with Crippen molar-refractivity contribution >= 4 is 45.6 Å². The predicted octanol–water partition coefficient (Wildman–Crippen LogP) is 5.75. The molecule has 0 bridgehead atoms. The summed E-state index contributed by atoms with van der Waals surface area (Å²) in [6.45, 7) is 2.82. The van der Waals surface area contributed by atoms with Gasteiger partial charge in [0.15, 0.2) is 6.10 Å². The monoisotopic (exact) mass is 508 g/mol. The van der Waals surface area contributed by atoms with Crippen LogP contribution >= 0.6 is 23.2 Å². The van der Waals surface area contributed by atoms with Crippen LogP contribution in [-0.2, 0) is 4.79 Å². The third-order valence-electron chi connectivity index (χ3n) is 6.74. The van der Waals surface area contributed by atoms with Crippen molar-refractivity contribution < 1.29 is 9.90 Å². The van der Waals surface area contributed by atoms with E-state index in [1.807, 2.05) is 48.6 Å². The van der Waals surface area contributed by atoms with Crippen LogP contribution in [0.2, 0.25) is 5.02 Å². The zero-order valence-electron chi connectivity index (χ0n) is 19.3. The lowest BCUT2D eigenvalue weighted by atomic mass is 9.94. The second kappa shape index (κ2) is 10.5. The SMILES string of the molecule is O=C(Nc1ccc(Cl)c(-c2nccc3ccccc23)c1)C1=CCC(CN2CCC([OH2+])CC2)C=C1Cl. The molecule has 3 N–H and O–H groups in total. The molecule has 1 atom stereocenters. The van der Waals surface area contributed by atoms with E-state index >= 15 is 0 Å². The Morgan fingerprint density at radius 3 is 2.71 bits per heavy atom. The molecule has 1 aromatic heterocycles. The van der Waals surface area contributed by atoms with Gasteiger partial charge in [-0.3, -0.25) is 9.78 Å². The van der Waals surface area contributed by atoms with Crippen molar-refractivity contribution in [1.82, 2.24) is 9.88 Å². The Labute approximate surface area is 215 Å². The summed E-state index contributed by atoms with van der Waals surface area (Å²) < 4.78 is 0. The molecule has 2 aliphatic rings. The predicted molar refractivity (Wildman–Crippen MR) is 144 cm³/mol. The van der Waals surface area contributed by atoms with Gasteiger partial charge in [0.05, 0.1) is 16.3 Å². The minimum atomic E-state index is -0.237. The molecule has 0 spiro atoms. The number of halogens is 2.